The van der Waals surface area contributed by atoms with E-state index in [4.69, 9.17) is 62.0 Å². The van der Waals surface area contributed by atoms with Gasteiger partial charge in [-0.1, -0.05) is 59.1 Å². The molecule has 4 fully saturated rings. The minimum Gasteiger partial charge on any atom is -0.422 e. The molecule has 141 heavy (non-hydrogen) atoms. The average molecular weight is 1990 g/mol. The van der Waals surface area contributed by atoms with Gasteiger partial charge in [0.1, 0.15) is 27.9 Å². The van der Waals surface area contributed by atoms with E-state index >= 15 is 0 Å². The molecular formula is C106H103Cl3N18O12S2. The van der Waals surface area contributed by atoms with Gasteiger partial charge in [-0.25, -0.2) is 48.9 Å². The highest BCUT2D eigenvalue weighted by Gasteiger charge is 2.27. The third-order valence-electron chi connectivity index (χ3n) is 26.0. The number of imidazole rings is 5. The predicted molar refractivity (Wildman–Crippen MR) is 561 cm³/mol. The number of aromatic nitrogens is 10. The first kappa shape index (κ1) is 95.1. The minimum atomic E-state index is -0.405. The van der Waals surface area contributed by atoms with Gasteiger partial charge in [0.05, 0.1) is 84.1 Å². The number of aryl methyl sites for hydroxylation is 3. The highest BCUT2D eigenvalue weighted by atomic mass is 35.5. The minimum absolute atomic E-state index is 0.116. The number of hydrogen-bond donors (Lipinski definition) is 3. The van der Waals surface area contributed by atoms with E-state index in [1.807, 2.05) is 243 Å². The number of benzene rings is 5. The largest absolute Gasteiger partial charge is 0.422 e. The van der Waals surface area contributed by atoms with Gasteiger partial charge in [0.25, 0.3) is 0 Å². The Kier molecular flexibility index (Phi) is 27.4. The first-order valence-electron chi connectivity index (χ1n) is 46.9. The number of fused-ring (bicyclic) bond motifs is 10. The third-order valence-corrected chi connectivity index (χ3v) is 28.4. The molecule has 5 aromatic carbocycles. The lowest BCUT2D eigenvalue weighted by atomic mass is 10.1. The molecule has 19 heterocycles. The topological polar surface area (TPSA) is 313 Å². The summed E-state index contributed by atoms with van der Waals surface area (Å²) in [7, 11) is 6.22. The summed E-state index contributed by atoms with van der Waals surface area (Å²) in [5.74, 6) is 0. The number of hydrogen-bond acceptors (Lipinski definition) is 27. The number of piperidine rings is 1. The van der Waals surface area contributed by atoms with Gasteiger partial charge >= 0.3 is 28.1 Å². The van der Waals surface area contributed by atoms with Crippen molar-refractivity contribution in [3.63, 3.8) is 0 Å². The molecule has 2 atom stereocenters. The molecular weight excluding hydrogens is 1890 g/mol. The molecule has 0 unspecified atom stereocenters. The van der Waals surface area contributed by atoms with Crippen LogP contribution in [-0.4, -0.2) is 208 Å². The fraction of sp³-hybridized carbons (Fsp3) is 0.283. The Hall–Kier alpha value is -13.5. The molecule has 30 nitrogen and oxygen atoms in total. The van der Waals surface area contributed by atoms with Crippen LogP contribution in [0.1, 0.15) is 60.9 Å². The van der Waals surface area contributed by atoms with Crippen molar-refractivity contribution in [3.8, 4) is 56.3 Å². The fourth-order valence-corrected chi connectivity index (χ4v) is 21.1. The zero-order chi connectivity index (χ0) is 97.7. The molecule has 15 aromatic heterocycles. The van der Waals surface area contributed by atoms with Crippen LogP contribution in [0.25, 0.3) is 138 Å². The van der Waals surface area contributed by atoms with Crippen LogP contribution in [0.2, 0.25) is 15.1 Å². The Morgan fingerprint density at radius 3 is 1.16 bits per heavy atom. The third kappa shape index (κ3) is 21.0. The summed E-state index contributed by atoms with van der Waals surface area (Å²) in [4.78, 5) is 104. The summed E-state index contributed by atoms with van der Waals surface area (Å²) < 4.78 is 37.5. The number of piperazine rings is 2. The SMILES string of the molecule is CN(CCO)Cc1ccc2cc(-c3cn4ccsc4n3)c(=O)oc2c1.Cc1cc(Cl)c2nc(-c3cc4ccc(N5CCCN(C)CC5)cc4oc3=O)cn2c1.Cc1cc(Cl)c2nc(-c3cc4ccc(N5CCN(C)CC5)cc4oc3=O)cn2c1.Cc1cc(Cl)c2nc(-c3cc4ccc(N5C[C@@H](C)N[C@@H](C)C5)cc4oc3=O)cn2c1.O=c1oc2cc(CN3CCC(O)CC3)ccc2cc1-c1cn2ccsc2n1. The number of nitrogens with zero attached hydrogens (tertiary/aromatic N) is 17. The Balaban J connectivity index is 0.000000108. The highest BCUT2D eigenvalue weighted by Crippen LogP contribution is 2.35. The van der Waals surface area contributed by atoms with Crippen LogP contribution in [0.5, 0.6) is 0 Å². The predicted octanol–water partition coefficient (Wildman–Crippen LogP) is 18.0. The van der Waals surface area contributed by atoms with E-state index in [0.717, 1.165) is 186 Å². The number of rotatable bonds is 14. The molecule has 20 aromatic rings. The van der Waals surface area contributed by atoms with Crippen LogP contribution in [0.4, 0.5) is 17.1 Å². The number of likely N-dealkylation sites (tertiary alicyclic amines) is 1. The van der Waals surface area contributed by atoms with Crippen molar-refractivity contribution >= 4 is 156 Å². The van der Waals surface area contributed by atoms with Gasteiger partial charge in [-0.15, -0.1) is 22.7 Å². The summed E-state index contributed by atoms with van der Waals surface area (Å²) in [6.45, 7) is 24.1. The Bertz CT molecular complexity index is 8380. The van der Waals surface area contributed by atoms with Crippen molar-refractivity contribution in [1.29, 1.82) is 0 Å². The summed E-state index contributed by atoms with van der Waals surface area (Å²) in [5.41, 5.74) is 16.4. The molecule has 3 N–H and O–H groups in total. The molecule has 0 amide bonds. The molecule has 0 saturated carbocycles. The zero-order valence-corrected chi connectivity index (χ0v) is 82.8. The average Bonchev–Trinajstić information content (AvgIpc) is 1.68. The second-order valence-corrected chi connectivity index (χ2v) is 40.0. The van der Waals surface area contributed by atoms with Crippen molar-refractivity contribution in [3.05, 3.63) is 307 Å². The number of aliphatic hydroxyl groups is 2. The van der Waals surface area contributed by atoms with Crippen LogP contribution < -0.4 is 48.1 Å². The van der Waals surface area contributed by atoms with Gasteiger partial charge in [-0.2, -0.15) is 0 Å². The first-order chi connectivity index (χ1) is 68.1. The maximum atomic E-state index is 12.8. The molecule has 4 saturated heterocycles. The van der Waals surface area contributed by atoms with Gasteiger partial charge in [-0.05, 0) is 206 Å². The molecule has 0 bridgehead atoms. The van der Waals surface area contributed by atoms with Crippen LogP contribution in [-0.2, 0) is 13.1 Å². The van der Waals surface area contributed by atoms with E-state index in [1.165, 1.54) is 22.7 Å². The number of pyridine rings is 3. The quantitative estimate of drug-likeness (QED) is 0.0852. The van der Waals surface area contributed by atoms with E-state index in [2.05, 4.69) is 112 Å². The van der Waals surface area contributed by atoms with Crippen molar-refractivity contribution < 1.29 is 32.3 Å². The number of nitrogens with one attached hydrogen (secondary N) is 1. The molecule has 35 heteroatoms. The van der Waals surface area contributed by atoms with Gasteiger partial charge in [0, 0.05) is 239 Å². The number of aliphatic hydroxyl groups excluding tert-OH is 2. The van der Waals surface area contributed by atoms with Crippen LogP contribution in [0, 0.1) is 20.8 Å². The van der Waals surface area contributed by atoms with Crippen molar-refractivity contribution in [2.24, 2.45) is 0 Å². The summed E-state index contributed by atoms with van der Waals surface area (Å²) in [6.07, 6.45) is 21.3. The normalized spacial score (nSPS) is 16.0. The Morgan fingerprint density at radius 2 is 0.759 bits per heavy atom. The first-order valence-corrected chi connectivity index (χ1v) is 49.8. The van der Waals surface area contributed by atoms with Crippen LogP contribution in [0.3, 0.4) is 0 Å². The van der Waals surface area contributed by atoms with Crippen LogP contribution >= 0.6 is 57.5 Å². The van der Waals surface area contributed by atoms with Crippen molar-refractivity contribution in [2.75, 3.05) is 128 Å². The number of likely N-dealkylation sites (N-methyl/N-ethyl adjacent to an activating group) is 3. The van der Waals surface area contributed by atoms with Crippen molar-refractivity contribution in [2.45, 2.75) is 85.2 Å². The molecule has 0 radical (unpaired) electrons. The van der Waals surface area contributed by atoms with E-state index in [9.17, 15) is 29.1 Å². The standard InChI is InChI=1S/2C23H23ClN4O2.C22H21ClN4O2.C20H19N3O3S.C18H17N3O3S/c1-13-6-19(24)22-26-20(12-28(22)9-13)18-7-16-4-5-17(8-21(16)30-23(18)29)27-10-14(2)25-15(3)11-27;1-15-10-19(24)22-25-20(14-28(22)13-15)18-11-16-4-5-17(12-21(16)30-23(18)29)27-7-3-6-26(2)8-9-27;1-14-9-18(23)21-24-19(13-27(21)12-14)17-10-15-3-4-16(11-20(15)29-22(17)28)26-7-5-25(2)6-8-26;24-15-3-5-22(6-4-15)11-13-1-2-14-10-16(19(25)26-18(14)9-13)17-12-23-7-8-27-20(23)21-17;1-20(4-6-22)10-12-2-3-13-9-14(17(23)24-16(13)8-12)15-11-21-5-7-25-18(21)19-15/h4-9,12,14-15,25H,10-11H2,1-3H3;4-5,10-14H,3,6-9H2,1-2H3;3-4,9-13H,5-8H2,1-2H3;1-2,7-10,12,15,24H,3-6,11H2;2-3,5,7-9,11,22H,4,6,10H2,1H3/t14-,15+;;;;. The fourth-order valence-electron chi connectivity index (χ4n) is 18.8. The summed E-state index contributed by atoms with van der Waals surface area (Å²) >= 11 is 22.0. The monoisotopic (exact) mass is 1990 g/mol. The number of thiazole rings is 2. The van der Waals surface area contributed by atoms with Gasteiger partial charge in [0.15, 0.2) is 26.9 Å². The van der Waals surface area contributed by atoms with E-state index in [0.29, 0.717) is 141 Å². The smallest absolute Gasteiger partial charge is 0.345 e. The number of anilines is 3. The molecule has 0 aliphatic carbocycles. The molecule has 24 rings (SSSR count). The zero-order valence-electron chi connectivity index (χ0n) is 78.9. The lowest BCUT2D eigenvalue weighted by molar-refractivity contribution is 0.0792. The highest BCUT2D eigenvalue weighted by molar-refractivity contribution is 7.15. The second-order valence-electron chi connectivity index (χ2n) is 37.0. The van der Waals surface area contributed by atoms with Gasteiger partial charge in [0.2, 0.25) is 0 Å². The molecule has 0 spiro atoms. The molecule has 4 aliphatic rings. The summed E-state index contributed by atoms with van der Waals surface area (Å²) in [5, 5.41) is 32.1. The van der Waals surface area contributed by atoms with E-state index < -0.39 is 16.9 Å². The molecule has 4 aliphatic heterocycles. The maximum Gasteiger partial charge on any atom is 0.345 e. The van der Waals surface area contributed by atoms with E-state index in [1.54, 1.807) is 0 Å². The Morgan fingerprint density at radius 1 is 0.411 bits per heavy atom. The maximum absolute atomic E-state index is 12.8. The van der Waals surface area contributed by atoms with Crippen molar-refractivity contribution in [1.82, 2.24) is 71.8 Å². The molecule has 722 valence electrons. The van der Waals surface area contributed by atoms with Gasteiger partial charge in [-0.3, -0.25) is 18.6 Å². The lowest BCUT2D eigenvalue weighted by Crippen LogP contribution is -2.54. The Labute approximate surface area is 830 Å². The van der Waals surface area contributed by atoms with E-state index in [-0.39, 0.29) is 24.0 Å². The second kappa shape index (κ2) is 40.6. The summed E-state index contributed by atoms with van der Waals surface area (Å²) in [6, 6.07) is 45.6. The van der Waals surface area contributed by atoms with Gasteiger partial charge < -0.3 is 75.3 Å². The van der Waals surface area contributed by atoms with Crippen LogP contribution in [0.15, 0.2) is 258 Å². The number of halogens is 3. The lowest BCUT2D eigenvalue weighted by Gasteiger charge is -2.37.